The maximum Gasteiger partial charge on any atom is 0.224 e. The molecule has 1 aliphatic rings. The molecular formula is C21H29IN4O2S. The van der Waals surface area contributed by atoms with Crippen molar-refractivity contribution in [3.63, 3.8) is 0 Å². The minimum Gasteiger partial charge on any atom is -0.492 e. The van der Waals surface area contributed by atoms with Gasteiger partial charge in [0.05, 0.1) is 6.54 Å². The van der Waals surface area contributed by atoms with Crippen molar-refractivity contribution in [3.8, 4) is 5.75 Å². The Balaban J connectivity index is 0.00000300. The summed E-state index contributed by atoms with van der Waals surface area (Å²) in [5, 5.41) is 11.7. The van der Waals surface area contributed by atoms with E-state index in [2.05, 4.69) is 52.3 Å². The van der Waals surface area contributed by atoms with Crippen molar-refractivity contribution < 1.29 is 9.53 Å². The van der Waals surface area contributed by atoms with Crippen molar-refractivity contribution >= 4 is 52.9 Å². The number of nitrogens with one attached hydrogen (secondary N) is 3. The number of halogens is 1. The van der Waals surface area contributed by atoms with Gasteiger partial charge in [-0.1, -0.05) is 19.9 Å². The van der Waals surface area contributed by atoms with E-state index in [-0.39, 0.29) is 35.3 Å². The molecule has 1 aromatic heterocycles. The first kappa shape index (κ1) is 23.5. The van der Waals surface area contributed by atoms with Crippen LogP contribution >= 0.6 is 35.3 Å². The normalized spacial score (nSPS) is 13.8. The molecule has 0 radical (unpaired) electrons. The van der Waals surface area contributed by atoms with Gasteiger partial charge < -0.3 is 20.7 Å². The molecule has 6 nitrogen and oxygen atoms in total. The number of thiophene rings is 1. The van der Waals surface area contributed by atoms with Crippen LogP contribution in [0.3, 0.4) is 0 Å². The van der Waals surface area contributed by atoms with Gasteiger partial charge in [0.1, 0.15) is 12.4 Å². The molecule has 2 aromatic rings. The number of rotatable bonds is 7. The van der Waals surface area contributed by atoms with E-state index in [1.807, 2.05) is 18.2 Å². The number of carbonyl (C=O) groups excluding carboxylic acids is 1. The lowest BCUT2D eigenvalue weighted by atomic mass is 9.91. The molecule has 0 saturated carbocycles. The van der Waals surface area contributed by atoms with Crippen LogP contribution in [0.4, 0.5) is 5.69 Å². The monoisotopic (exact) mass is 528 g/mol. The van der Waals surface area contributed by atoms with Gasteiger partial charge in [-0.15, -0.1) is 35.3 Å². The summed E-state index contributed by atoms with van der Waals surface area (Å²) in [6.07, 6.45) is 1.29. The average molecular weight is 528 g/mol. The molecule has 3 N–H and O–H groups in total. The smallest absolute Gasteiger partial charge is 0.224 e. The summed E-state index contributed by atoms with van der Waals surface area (Å²) in [7, 11) is 1.77. The summed E-state index contributed by atoms with van der Waals surface area (Å²) in [6, 6.07) is 10.1. The Morgan fingerprint density at radius 1 is 1.28 bits per heavy atom. The minimum absolute atomic E-state index is 0. The Hall–Kier alpha value is -1.81. The van der Waals surface area contributed by atoms with Crippen LogP contribution in [0, 0.1) is 0 Å². The first-order valence-corrected chi connectivity index (χ1v) is 10.4. The third kappa shape index (κ3) is 6.60. The maximum atomic E-state index is 11.4. The quantitative estimate of drug-likeness (QED) is 0.222. The molecule has 29 heavy (non-hydrogen) atoms. The van der Waals surface area contributed by atoms with Gasteiger partial charge in [0.15, 0.2) is 5.96 Å². The predicted molar refractivity (Wildman–Crippen MR) is 131 cm³/mol. The standard InChI is InChI=1S/C21H28N4O2S.HI/c1-21(2,18-5-4-12-28-18)14-24-20(22-3)23-10-11-27-16-7-8-17-15(13-16)6-9-19(26)25-17;/h4-5,7-8,12-13H,6,9-11,14H2,1-3H3,(H,25,26)(H2,22,23,24);1H. The van der Waals surface area contributed by atoms with Gasteiger partial charge >= 0.3 is 0 Å². The Kier molecular flexibility index (Phi) is 8.76. The number of aliphatic imine (C=N–C) groups is 1. The fraction of sp³-hybridized carbons (Fsp3) is 0.429. The fourth-order valence-corrected chi connectivity index (χ4v) is 3.92. The topological polar surface area (TPSA) is 74.8 Å². The van der Waals surface area contributed by atoms with Crippen LogP contribution in [0.15, 0.2) is 40.7 Å². The second kappa shape index (κ2) is 10.8. The van der Waals surface area contributed by atoms with Gasteiger partial charge in [0.2, 0.25) is 5.91 Å². The van der Waals surface area contributed by atoms with Crippen LogP contribution in [0.2, 0.25) is 0 Å². The number of guanidine groups is 1. The molecule has 1 aromatic carbocycles. The van der Waals surface area contributed by atoms with Crippen LogP contribution in [-0.4, -0.2) is 38.6 Å². The minimum atomic E-state index is 0. The van der Waals surface area contributed by atoms with Crippen LogP contribution < -0.4 is 20.7 Å². The largest absolute Gasteiger partial charge is 0.492 e. The molecule has 158 valence electrons. The van der Waals surface area contributed by atoms with Crippen LogP contribution in [0.5, 0.6) is 5.75 Å². The molecule has 8 heteroatoms. The summed E-state index contributed by atoms with van der Waals surface area (Å²) >= 11 is 1.77. The van der Waals surface area contributed by atoms with Gasteiger partial charge in [-0.25, -0.2) is 0 Å². The average Bonchev–Trinajstić information content (AvgIpc) is 3.23. The van der Waals surface area contributed by atoms with Gasteiger partial charge in [-0.2, -0.15) is 0 Å². The van der Waals surface area contributed by atoms with Gasteiger partial charge in [0, 0.05) is 36.0 Å². The van der Waals surface area contributed by atoms with Crippen LogP contribution in [0.25, 0.3) is 0 Å². The second-order valence-corrected chi connectivity index (χ2v) is 8.38. The SMILES string of the molecule is CN=C(NCCOc1ccc2c(c1)CCC(=O)N2)NCC(C)(C)c1cccs1.I. The zero-order valence-corrected chi connectivity index (χ0v) is 20.2. The maximum absolute atomic E-state index is 11.4. The number of nitrogens with zero attached hydrogens (tertiary/aromatic N) is 1. The van der Waals surface area contributed by atoms with E-state index >= 15 is 0 Å². The summed E-state index contributed by atoms with van der Waals surface area (Å²) in [6.45, 7) is 6.42. The molecule has 0 fully saturated rings. The van der Waals surface area contributed by atoms with Crippen molar-refractivity contribution in [3.05, 3.63) is 46.2 Å². The molecule has 0 bridgehead atoms. The van der Waals surface area contributed by atoms with E-state index in [4.69, 9.17) is 4.74 Å². The number of fused-ring (bicyclic) bond motifs is 1. The number of hydrogen-bond donors (Lipinski definition) is 3. The number of hydrogen-bond acceptors (Lipinski definition) is 4. The van der Waals surface area contributed by atoms with Gasteiger partial charge in [0.25, 0.3) is 0 Å². The second-order valence-electron chi connectivity index (χ2n) is 7.43. The van der Waals surface area contributed by atoms with Crippen LogP contribution in [0.1, 0.15) is 30.7 Å². The number of ether oxygens (including phenoxy) is 1. The van der Waals surface area contributed by atoms with E-state index in [0.717, 1.165) is 35.9 Å². The Labute approximate surface area is 193 Å². The van der Waals surface area contributed by atoms with E-state index in [1.54, 1.807) is 18.4 Å². The number of carbonyl (C=O) groups is 1. The molecule has 0 saturated heterocycles. The highest BCUT2D eigenvalue weighted by Gasteiger charge is 2.22. The lowest BCUT2D eigenvalue weighted by molar-refractivity contribution is -0.116. The fourth-order valence-electron chi connectivity index (χ4n) is 3.06. The summed E-state index contributed by atoms with van der Waals surface area (Å²) in [5.41, 5.74) is 2.05. The molecule has 0 aliphatic carbocycles. The van der Waals surface area contributed by atoms with Crippen LogP contribution in [-0.2, 0) is 16.6 Å². The first-order valence-electron chi connectivity index (χ1n) is 9.52. The van der Waals surface area contributed by atoms with E-state index in [0.29, 0.717) is 19.6 Å². The molecule has 3 rings (SSSR count). The van der Waals surface area contributed by atoms with E-state index in [1.165, 1.54) is 4.88 Å². The van der Waals surface area contributed by atoms with Crippen molar-refractivity contribution in [1.82, 2.24) is 10.6 Å². The molecule has 2 heterocycles. The van der Waals surface area contributed by atoms with E-state index < -0.39 is 0 Å². The summed E-state index contributed by atoms with van der Waals surface area (Å²) in [5.74, 6) is 1.66. The summed E-state index contributed by atoms with van der Waals surface area (Å²) < 4.78 is 5.84. The van der Waals surface area contributed by atoms with Crippen molar-refractivity contribution in [2.45, 2.75) is 32.1 Å². The zero-order valence-electron chi connectivity index (χ0n) is 17.1. The number of benzene rings is 1. The van der Waals surface area contributed by atoms with Crippen molar-refractivity contribution in [2.75, 3.05) is 32.1 Å². The lowest BCUT2D eigenvalue weighted by Crippen LogP contribution is -2.44. The Morgan fingerprint density at radius 3 is 2.83 bits per heavy atom. The molecule has 0 spiro atoms. The lowest BCUT2D eigenvalue weighted by Gasteiger charge is -2.25. The molecule has 1 amide bonds. The molecule has 0 atom stereocenters. The van der Waals surface area contributed by atoms with Gasteiger partial charge in [-0.05, 0) is 41.6 Å². The molecular weight excluding hydrogens is 499 g/mol. The first-order chi connectivity index (χ1) is 13.5. The third-order valence-corrected chi connectivity index (χ3v) is 5.98. The van der Waals surface area contributed by atoms with Crippen molar-refractivity contribution in [1.29, 1.82) is 0 Å². The third-order valence-electron chi connectivity index (χ3n) is 4.75. The summed E-state index contributed by atoms with van der Waals surface area (Å²) in [4.78, 5) is 17.1. The van der Waals surface area contributed by atoms with Crippen molar-refractivity contribution in [2.24, 2.45) is 4.99 Å². The van der Waals surface area contributed by atoms with Gasteiger partial charge in [-0.3, -0.25) is 9.79 Å². The highest BCUT2D eigenvalue weighted by molar-refractivity contribution is 14.0. The highest BCUT2D eigenvalue weighted by atomic mass is 127. The number of anilines is 1. The predicted octanol–water partition coefficient (Wildman–Crippen LogP) is 3.77. The highest BCUT2D eigenvalue weighted by Crippen LogP contribution is 2.27. The molecule has 1 aliphatic heterocycles. The number of aryl methyl sites for hydroxylation is 1. The number of amides is 1. The Bertz CT molecular complexity index is 837. The molecule has 0 unspecified atom stereocenters. The Morgan fingerprint density at radius 2 is 2.10 bits per heavy atom. The van der Waals surface area contributed by atoms with E-state index in [9.17, 15) is 4.79 Å². The zero-order chi connectivity index (χ0) is 20.0.